The second-order valence-corrected chi connectivity index (χ2v) is 5.89. The number of anilines is 2. The van der Waals surface area contributed by atoms with Crippen molar-refractivity contribution in [2.24, 2.45) is 5.73 Å². The molecule has 2 aromatic carbocycles. The molecule has 1 amide bonds. The maximum absolute atomic E-state index is 11.0. The Morgan fingerprint density at radius 2 is 1.31 bits per heavy atom. The minimum Gasteiger partial charge on any atom is -0.382 e. The van der Waals surface area contributed by atoms with Gasteiger partial charge < -0.3 is 17.2 Å². The van der Waals surface area contributed by atoms with Crippen molar-refractivity contribution in [1.29, 1.82) is 5.26 Å². The van der Waals surface area contributed by atoms with Crippen LogP contribution in [0.5, 0.6) is 0 Å². The lowest BCUT2D eigenvalue weighted by molar-refractivity contribution is 0.100. The van der Waals surface area contributed by atoms with E-state index < -0.39 is 5.91 Å². The average molecular weight is 386 g/mol. The molecule has 29 heavy (non-hydrogen) atoms. The molecule has 6 N–H and O–H groups in total. The third kappa shape index (κ3) is 4.40. The maximum Gasteiger partial charge on any atom is 0.254 e. The second kappa shape index (κ2) is 8.41. The summed E-state index contributed by atoms with van der Waals surface area (Å²) in [7, 11) is 0. The normalized spacial score (nSPS) is 9.90. The molecule has 0 aliphatic rings. The summed E-state index contributed by atoms with van der Waals surface area (Å²) >= 11 is 0. The van der Waals surface area contributed by atoms with Crippen molar-refractivity contribution < 1.29 is 4.79 Å². The van der Waals surface area contributed by atoms with Crippen LogP contribution in [0.3, 0.4) is 0 Å². The molecule has 0 unspecified atom stereocenters. The summed E-state index contributed by atoms with van der Waals surface area (Å²) < 4.78 is 3.11. The molecule has 4 rings (SSSR count). The molecule has 144 valence electrons. The van der Waals surface area contributed by atoms with E-state index in [1.54, 1.807) is 10.9 Å². The lowest BCUT2D eigenvalue weighted by Crippen LogP contribution is -2.11. The highest BCUT2D eigenvalue weighted by Gasteiger charge is 2.11. The molecule has 0 saturated heterocycles. The Morgan fingerprint density at radius 1 is 0.828 bits per heavy atom. The van der Waals surface area contributed by atoms with E-state index >= 15 is 0 Å². The first-order valence-corrected chi connectivity index (χ1v) is 8.50. The summed E-state index contributed by atoms with van der Waals surface area (Å²) in [5.41, 5.74) is 18.6. The fraction of sp³-hybridized carbons (Fsp3) is 0. The Bertz CT molecular complexity index is 1160. The predicted molar refractivity (Wildman–Crippen MR) is 109 cm³/mol. The zero-order valence-corrected chi connectivity index (χ0v) is 15.3. The van der Waals surface area contributed by atoms with Crippen LogP contribution in [0.15, 0.2) is 73.1 Å². The summed E-state index contributed by atoms with van der Waals surface area (Å²) in [6.07, 6.45) is 3.14. The van der Waals surface area contributed by atoms with Crippen molar-refractivity contribution >= 4 is 17.5 Å². The van der Waals surface area contributed by atoms with Gasteiger partial charge in [-0.05, 0) is 24.3 Å². The van der Waals surface area contributed by atoms with E-state index in [1.807, 2.05) is 66.7 Å². The molecular weight excluding hydrogens is 368 g/mol. The van der Waals surface area contributed by atoms with Crippen LogP contribution < -0.4 is 17.2 Å². The number of nitriles is 1. The van der Waals surface area contributed by atoms with Gasteiger partial charge >= 0.3 is 0 Å². The SMILES string of the molecule is N#Cc1cn(-c2ccccc2)nc1N.NC(=O)c1cn(-c2ccccc2)nc1N. The van der Waals surface area contributed by atoms with Crippen molar-refractivity contribution in [1.82, 2.24) is 19.6 Å². The minimum atomic E-state index is -0.574. The van der Waals surface area contributed by atoms with Gasteiger partial charge in [0, 0.05) is 6.20 Å². The highest BCUT2D eigenvalue weighted by molar-refractivity contribution is 5.97. The van der Waals surface area contributed by atoms with Crippen molar-refractivity contribution in [3.8, 4) is 17.4 Å². The monoisotopic (exact) mass is 386 g/mol. The van der Waals surface area contributed by atoms with Gasteiger partial charge in [0.2, 0.25) is 0 Å². The van der Waals surface area contributed by atoms with Crippen LogP contribution in [0, 0.1) is 11.3 Å². The number of carbonyl (C=O) groups excluding carboxylic acids is 1. The molecule has 0 spiro atoms. The standard InChI is InChI=1S/C10H10N4O.C10H8N4/c11-9-8(10(12)15)6-14(13-9)7-4-2-1-3-5-7;11-6-8-7-14(13-10(8)12)9-4-2-1-3-5-9/h1-6H,(H2,11,13)(H2,12,15);1-5,7H,(H2,12,13). The van der Waals surface area contributed by atoms with E-state index in [-0.39, 0.29) is 17.2 Å². The van der Waals surface area contributed by atoms with Gasteiger partial charge in [-0.25, -0.2) is 9.36 Å². The molecule has 0 aliphatic carbocycles. The van der Waals surface area contributed by atoms with Crippen molar-refractivity contribution in [3.63, 3.8) is 0 Å². The summed E-state index contributed by atoms with van der Waals surface area (Å²) in [5, 5.41) is 16.7. The van der Waals surface area contributed by atoms with E-state index in [0.29, 0.717) is 5.56 Å². The first-order chi connectivity index (χ1) is 14.0. The van der Waals surface area contributed by atoms with Crippen LogP contribution in [0.2, 0.25) is 0 Å². The fourth-order valence-corrected chi connectivity index (χ4v) is 2.48. The van der Waals surface area contributed by atoms with Crippen LogP contribution in [0.25, 0.3) is 11.4 Å². The predicted octanol–water partition coefficient (Wildman–Crippen LogP) is 1.88. The lowest BCUT2D eigenvalue weighted by atomic mass is 10.3. The molecule has 9 heteroatoms. The Balaban J connectivity index is 0.000000166. The zero-order chi connectivity index (χ0) is 20.8. The van der Waals surface area contributed by atoms with Crippen molar-refractivity contribution in [2.45, 2.75) is 0 Å². The number of benzene rings is 2. The molecule has 0 atom stereocenters. The van der Waals surface area contributed by atoms with Gasteiger partial charge in [-0.2, -0.15) is 5.26 Å². The number of nitrogen functional groups attached to an aromatic ring is 2. The Hall–Kier alpha value is -4.58. The number of rotatable bonds is 3. The number of nitrogens with zero attached hydrogens (tertiary/aromatic N) is 5. The molecular formula is C20H18N8O. The number of primary amides is 1. The van der Waals surface area contributed by atoms with Gasteiger partial charge in [-0.15, -0.1) is 10.2 Å². The highest BCUT2D eigenvalue weighted by atomic mass is 16.1. The number of aromatic nitrogens is 4. The molecule has 0 radical (unpaired) electrons. The van der Waals surface area contributed by atoms with Gasteiger partial charge in [0.15, 0.2) is 11.6 Å². The summed E-state index contributed by atoms with van der Waals surface area (Å²) in [4.78, 5) is 11.0. The first kappa shape index (κ1) is 19.2. The summed E-state index contributed by atoms with van der Waals surface area (Å²) in [5.74, 6) is -0.169. The molecule has 2 aromatic heterocycles. The second-order valence-electron chi connectivity index (χ2n) is 5.89. The first-order valence-electron chi connectivity index (χ1n) is 8.50. The number of nitrogens with two attached hydrogens (primary N) is 3. The smallest absolute Gasteiger partial charge is 0.254 e. The van der Waals surface area contributed by atoms with Crippen LogP contribution in [-0.4, -0.2) is 25.5 Å². The highest BCUT2D eigenvalue weighted by Crippen LogP contribution is 2.13. The van der Waals surface area contributed by atoms with E-state index in [2.05, 4.69) is 10.2 Å². The van der Waals surface area contributed by atoms with Crippen molar-refractivity contribution in [3.05, 3.63) is 84.2 Å². The average Bonchev–Trinajstić information content (AvgIpc) is 3.32. The number of hydrogen-bond acceptors (Lipinski definition) is 6. The Kier molecular flexibility index (Phi) is 5.56. The zero-order valence-electron chi connectivity index (χ0n) is 15.3. The van der Waals surface area contributed by atoms with Crippen molar-refractivity contribution in [2.75, 3.05) is 11.5 Å². The summed E-state index contributed by atoms with van der Waals surface area (Å²) in [6, 6.07) is 20.8. The minimum absolute atomic E-state index is 0.145. The Morgan fingerprint density at radius 3 is 1.72 bits per heavy atom. The van der Waals surface area contributed by atoms with E-state index in [1.165, 1.54) is 10.9 Å². The molecule has 9 nitrogen and oxygen atoms in total. The molecule has 0 fully saturated rings. The fourth-order valence-electron chi connectivity index (χ4n) is 2.48. The number of hydrogen-bond donors (Lipinski definition) is 3. The molecule has 4 aromatic rings. The quantitative estimate of drug-likeness (QED) is 0.488. The number of para-hydroxylation sites is 2. The third-order valence-corrected chi connectivity index (χ3v) is 3.91. The maximum atomic E-state index is 11.0. The van der Waals surface area contributed by atoms with Gasteiger partial charge in [0.05, 0.1) is 17.6 Å². The van der Waals surface area contributed by atoms with Gasteiger partial charge in [-0.1, -0.05) is 36.4 Å². The lowest BCUT2D eigenvalue weighted by Gasteiger charge is -1.98. The molecule has 0 bridgehead atoms. The molecule has 2 heterocycles. The van der Waals surface area contributed by atoms with Crippen LogP contribution in [0.1, 0.15) is 15.9 Å². The van der Waals surface area contributed by atoms with E-state index in [9.17, 15) is 4.79 Å². The van der Waals surface area contributed by atoms with E-state index in [0.717, 1.165) is 11.4 Å². The van der Waals surface area contributed by atoms with E-state index in [4.69, 9.17) is 22.5 Å². The van der Waals surface area contributed by atoms with Crippen LogP contribution in [-0.2, 0) is 0 Å². The summed E-state index contributed by atoms with van der Waals surface area (Å²) in [6.45, 7) is 0. The van der Waals surface area contributed by atoms with Gasteiger partial charge in [0.25, 0.3) is 5.91 Å². The topological polar surface area (TPSA) is 155 Å². The van der Waals surface area contributed by atoms with Gasteiger partial charge in [0.1, 0.15) is 17.2 Å². The number of amides is 1. The molecule has 0 saturated carbocycles. The largest absolute Gasteiger partial charge is 0.382 e. The van der Waals surface area contributed by atoms with Gasteiger partial charge in [-0.3, -0.25) is 4.79 Å². The number of carbonyl (C=O) groups is 1. The van der Waals surface area contributed by atoms with Crippen LogP contribution >= 0.6 is 0 Å². The molecule has 0 aliphatic heterocycles. The third-order valence-electron chi connectivity index (χ3n) is 3.91. The van der Waals surface area contributed by atoms with Crippen LogP contribution in [0.4, 0.5) is 11.6 Å². The Labute approximate surface area is 166 Å².